The van der Waals surface area contributed by atoms with Gasteiger partial charge in [0.25, 0.3) is 0 Å². The molecule has 5 rings (SSSR count). The molecule has 0 radical (unpaired) electrons. The molecular formula is C32H40N4O3. The molecule has 0 saturated heterocycles. The number of aromatic amines is 2. The third-order valence-electron chi connectivity index (χ3n) is 7.84. The number of hydrogen-bond donors (Lipinski definition) is 4. The SMILES string of the molecule is CCC(=O)O.CCc1c(C)c2cc3[nH]c(cc4nc(c(C)c5nc(cc1[nH]2)C(C)=C5)CC4C)c(C)c3C(C)O. The first-order chi connectivity index (χ1) is 18.4. The van der Waals surface area contributed by atoms with Crippen LogP contribution in [0.2, 0.25) is 0 Å². The number of fused-ring (bicyclic) bond motifs is 8. The fourth-order valence-corrected chi connectivity index (χ4v) is 5.41. The number of allylic oxidation sites excluding steroid dienone is 1. The van der Waals surface area contributed by atoms with Gasteiger partial charge in [-0.25, -0.2) is 4.98 Å². The van der Waals surface area contributed by atoms with Crippen molar-refractivity contribution in [3.05, 3.63) is 68.8 Å². The second-order valence-electron chi connectivity index (χ2n) is 10.7. The lowest BCUT2D eigenvalue weighted by molar-refractivity contribution is -0.136. The lowest BCUT2D eigenvalue weighted by atomic mass is 10.0. The largest absolute Gasteiger partial charge is 0.481 e. The molecule has 5 heterocycles. The van der Waals surface area contributed by atoms with Gasteiger partial charge in [0.15, 0.2) is 0 Å². The summed E-state index contributed by atoms with van der Waals surface area (Å²) in [7, 11) is 0. The summed E-state index contributed by atoms with van der Waals surface area (Å²) in [6, 6.07) is 6.46. The molecule has 0 spiro atoms. The Bertz CT molecular complexity index is 1620. The first-order valence-corrected chi connectivity index (χ1v) is 13.8. The molecule has 2 aliphatic rings. The van der Waals surface area contributed by atoms with E-state index in [1.807, 2.05) is 6.92 Å². The number of carbonyl (C=O) groups is 1. The minimum absolute atomic E-state index is 0.222. The summed E-state index contributed by atoms with van der Waals surface area (Å²) < 4.78 is 0. The number of carboxylic acids is 1. The maximum Gasteiger partial charge on any atom is 0.303 e. The average Bonchev–Trinajstić information content (AvgIpc) is 3.60. The van der Waals surface area contributed by atoms with Gasteiger partial charge < -0.3 is 20.2 Å². The highest BCUT2D eigenvalue weighted by molar-refractivity contribution is 5.85. The van der Waals surface area contributed by atoms with E-state index in [9.17, 15) is 9.90 Å². The first-order valence-electron chi connectivity index (χ1n) is 13.8. The standard InChI is InChI=1S/C29H34N4O.C3H6O2/c1-8-20-16(4)25-13-28-29(19(7)34)18(6)26(33-28)11-21-14(2)9-23(30-21)17(5)24-10-15(3)22(31-24)12-27(20)32-25;1-2-3(4)5/h10-14,19,32-34H,8-9H2,1-7H3;2H2,1H3,(H,4,5). The topological polar surface area (TPSA) is 115 Å². The Balaban J connectivity index is 0.000000648. The van der Waals surface area contributed by atoms with Crippen molar-refractivity contribution in [1.82, 2.24) is 19.9 Å². The summed E-state index contributed by atoms with van der Waals surface area (Å²) in [5.74, 6) is -0.419. The van der Waals surface area contributed by atoms with Gasteiger partial charge in [-0.05, 0) is 99.6 Å². The molecule has 0 aliphatic carbocycles. The molecule has 2 aliphatic heterocycles. The van der Waals surface area contributed by atoms with Crippen molar-refractivity contribution in [3.63, 3.8) is 0 Å². The Morgan fingerprint density at radius 2 is 1.62 bits per heavy atom. The van der Waals surface area contributed by atoms with E-state index in [4.69, 9.17) is 15.1 Å². The Morgan fingerprint density at radius 1 is 0.974 bits per heavy atom. The normalized spacial score (nSPS) is 15.4. The monoisotopic (exact) mass is 528 g/mol. The molecule has 7 nitrogen and oxygen atoms in total. The number of aliphatic carboxylic acids is 1. The maximum absolute atomic E-state index is 10.6. The van der Waals surface area contributed by atoms with Crippen LogP contribution in [0.3, 0.4) is 0 Å². The number of H-pyrrole nitrogens is 2. The molecule has 39 heavy (non-hydrogen) atoms. The van der Waals surface area contributed by atoms with E-state index in [1.54, 1.807) is 6.92 Å². The summed E-state index contributed by atoms with van der Waals surface area (Å²) in [5.41, 5.74) is 15.1. The highest BCUT2D eigenvalue weighted by Crippen LogP contribution is 2.33. The second kappa shape index (κ2) is 11.2. The summed E-state index contributed by atoms with van der Waals surface area (Å²) in [6.45, 7) is 16.3. The van der Waals surface area contributed by atoms with Crippen molar-refractivity contribution in [2.45, 2.75) is 86.7 Å². The number of aliphatic hydroxyl groups excluding tert-OH is 1. The molecule has 2 unspecified atom stereocenters. The molecule has 3 aromatic rings. The van der Waals surface area contributed by atoms with Crippen LogP contribution in [0.15, 0.2) is 18.2 Å². The van der Waals surface area contributed by atoms with E-state index in [0.29, 0.717) is 5.92 Å². The summed E-state index contributed by atoms with van der Waals surface area (Å²) in [6.07, 6.45) is 3.66. The van der Waals surface area contributed by atoms with Crippen LogP contribution >= 0.6 is 0 Å². The van der Waals surface area contributed by atoms with Gasteiger partial charge in [0.05, 0.1) is 17.5 Å². The molecule has 4 N–H and O–H groups in total. The van der Waals surface area contributed by atoms with Crippen molar-refractivity contribution in [3.8, 4) is 0 Å². The van der Waals surface area contributed by atoms with Gasteiger partial charge in [-0.1, -0.05) is 20.8 Å². The summed E-state index contributed by atoms with van der Waals surface area (Å²) in [5, 5.41) is 18.4. The Labute approximate surface area is 230 Å². The lowest BCUT2D eigenvalue weighted by Gasteiger charge is -2.03. The zero-order chi connectivity index (χ0) is 28.6. The van der Waals surface area contributed by atoms with Crippen LogP contribution in [-0.4, -0.2) is 36.1 Å². The van der Waals surface area contributed by atoms with Gasteiger partial charge in [-0.3, -0.25) is 9.78 Å². The van der Waals surface area contributed by atoms with Gasteiger partial charge in [0.1, 0.15) is 0 Å². The van der Waals surface area contributed by atoms with Crippen LogP contribution in [0.4, 0.5) is 0 Å². The van der Waals surface area contributed by atoms with Crippen molar-refractivity contribution in [1.29, 1.82) is 0 Å². The Hall–Kier alpha value is -3.71. The number of hydrogen-bond acceptors (Lipinski definition) is 4. The van der Waals surface area contributed by atoms with Crippen LogP contribution < -0.4 is 0 Å². The van der Waals surface area contributed by atoms with Gasteiger partial charge in [-0.2, -0.15) is 0 Å². The van der Waals surface area contributed by atoms with Crippen molar-refractivity contribution >= 4 is 39.7 Å². The van der Waals surface area contributed by atoms with E-state index in [2.05, 4.69) is 75.8 Å². The molecule has 0 amide bonds. The minimum Gasteiger partial charge on any atom is -0.481 e. The van der Waals surface area contributed by atoms with Crippen LogP contribution in [-0.2, 0) is 17.6 Å². The predicted octanol–water partition coefficient (Wildman–Crippen LogP) is 7.24. The molecule has 2 atom stereocenters. The fraction of sp³-hybridized carbons (Fsp3) is 0.406. The van der Waals surface area contributed by atoms with Crippen molar-refractivity contribution in [2.24, 2.45) is 0 Å². The van der Waals surface area contributed by atoms with Crippen LogP contribution in [0.1, 0.15) is 104 Å². The molecular weight excluding hydrogens is 488 g/mol. The Morgan fingerprint density at radius 3 is 2.23 bits per heavy atom. The third-order valence-corrected chi connectivity index (χ3v) is 7.84. The van der Waals surface area contributed by atoms with Crippen LogP contribution in [0.5, 0.6) is 0 Å². The van der Waals surface area contributed by atoms with Crippen molar-refractivity contribution < 1.29 is 15.0 Å². The lowest BCUT2D eigenvalue weighted by Crippen LogP contribution is -1.92. The summed E-state index contributed by atoms with van der Waals surface area (Å²) >= 11 is 0. The van der Waals surface area contributed by atoms with Gasteiger partial charge in [0.2, 0.25) is 0 Å². The van der Waals surface area contributed by atoms with Crippen LogP contribution in [0.25, 0.3) is 33.7 Å². The number of aryl methyl sites for hydroxylation is 3. The van der Waals surface area contributed by atoms with E-state index >= 15 is 0 Å². The number of carboxylic acid groups (broad SMARTS) is 1. The van der Waals surface area contributed by atoms with Crippen LogP contribution in [0, 0.1) is 20.8 Å². The second-order valence-corrected chi connectivity index (χ2v) is 10.7. The highest BCUT2D eigenvalue weighted by Gasteiger charge is 2.21. The number of aromatic nitrogens is 4. The maximum atomic E-state index is 10.6. The molecule has 0 aromatic carbocycles. The van der Waals surface area contributed by atoms with E-state index in [1.165, 1.54) is 16.7 Å². The number of nitrogens with one attached hydrogen (secondary N) is 2. The van der Waals surface area contributed by atoms with Gasteiger partial charge >= 0.3 is 5.97 Å². The van der Waals surface area contributed by atoms with E-state index < -0.39 is 12.1 Å². The Kier molecular flexibility index (Phi) is 8.12. The quantitative estimate of drug-likeness (QED) is 0.286. The molecule has 0 fully saturated rings. The van der Waals surface area contributed by atoms with Crippen molar-refractivity contribution in [2.75, 3.05) is 0 Å². The minimum atomic E-state index is -0.745. The molecule has 3 aromatic heterocycles. The van der Waals surface area contributed by atoms with E-state index in [0.717, 1.165) is 74.4 Å². The molecule has 8 bridgehead atoms. The highest BCUT2D eigenvalue weighted by atomic mass is 16.4. The number of nitrogens with zero attached hydrogens (tertiary/aromatic N) is 2. The zero-order valence-corrected chi connectivity index (χ0v) is 24.3. The number of aliphatic hydroxyl groups is 1. The van der Waals surface area contributed by atoms with Gasteiger partial charge in [-0.15, -0.1) is 0 Å². The third kappa shape index (κ3) is 5.55. The average molecular weight is 529 g/mol. The van der Waals surface area contributed by atoms with Gasteiger partial charge in [0, 0.05) is 51.4 Å². The zero-order valence-electron chi connectivity index (χ0n) is 24.3. The smallest absolute Gasteiger partial charge is 0.303 e. The molecule has 7 heteroatoms. The first kappa shape index (κ1) is 28.3. The molecule has 206 valence electrons. The van der Waals surface area contributed by atoms with E-state index in [-0.39, 0.29) is 6.42 Å². The summed E-state index contributed by atoms with van der Waals surface area (Å²) in [4.78, 5) is 26.6. The predicted molar refractivity (Wildman–Crippen MR) is 159 cm³/mol. The number of rotatable bonds is 3. The fourth-order valence-electron chi connectivity index (χ4n) is 5.41. The molecule has 0 saturated carbocycles.